The lowest BCUT2D eigenvalue weighted by Crippen LogP contribution is -2.13. The second kappa shape index (κ2) is 5.62. The van der Waals surface area contributed by atoms with Crippen molar-refractivity contribution in [3.63, 3.8) is 0 Å². The molecule has 1 amide bonds. The molecule has 1 heterocycles. The van der Waals surface area contributed by atoms with Crippen LogP contribution in [0.15, 0.2) is 24.3 Å². The first-order valence-electron chi connectivity index (χ1n) is 5.67. The minimum absolute atomic E-state index is 0.125. The molecule has 0 fully saturated rings. The molecule has 2 N–H and O–H groups in total. The first-order chi connectivity index (χ1) is 9.90. The summed E-state index contributed by atoms with van der Waals surface area (Å²) >= 11 is 0. The maximum absolute atomic E-state index is 12.3. The number of benzene rings is 1. The number of hydrogen-bond donors (Lipinski definition) is 2. The minimum atomic E-state index is -4.66. The summed E-state index contributed by atoms with van der Waals surface area (Å²) in [6.45, 7) is 0. The van der Waals surface area contributed by atoms with Gasteiger partial charge in [-0.15, -0.1) is 5.10 Å². The molecule has 0 aliphatic carbocycles. The molecule has 0 atom stereocenters. The molecule has 2 aromatic rings. The molecule has 0 unspecified atom stereocenters. The Bertz CT molecular complexity index is 701. The highest BCUT2D eigenvalue weighted by atomic mass is 19.4. The number of nitrogens with zero attached hydrogens (tertiary/aromatic N) is 3. The number of hydrogen-bond acceptors (Lipinski definition) is 4. The lowest BCUT2D eigenvalue weighted by Gasteiger charge is -2.02. The number of nitriles is 1. The largest absolute Gasteiger partial charge is 0.451 e. The van der Waals surface area contributed by atoms with Gasteiger partial charge in [-0.05, 0) is 17.7 Å². The second-order valence-electron chi connectivity index (χ2n) is 3.99. The van der Waals surface area contributed by atoms with Crippen LogP contribution in [0.25, 0.3) is 0 Å². The number of rotatable bonds is 3. The van der Waals surface area contributed by atoms with Crippen LogP contribution in [0, 0.1) is 11.3 Å². The Morgan fingerprint density at radius 1 is 1.43 bits per heavy atom. The quantitative estimate of drug-likeness (QED) is 0.907. The summed E-state index contributed by atoms with van der Waals surface area (Å²) in [6, 6.07) is 8.10. The Morgan fingerprint density at radius 2 is 2.19 bits per heavy atom. The van der Waals surface area contributed by atoms with Crippen LogP contribution < -0.4 is 5.32 Å². The van der Waals surface area contributed by atoms with Crippen molar-refractivity contribution in [2.45, 2.75) is 12.6 Å². The van der Waals surface area contributed by atoms with Crippen molar-refractivity contribution < 1.29 is 18.0 Å². The average Bonchev–Trinajstić information content (AvgIpc) is 2.88. The van der Waals surface area contributed by atoms with Crippen LogP contribution in [0.1, 0.15) is 21.7 Å². The summed E-state index contributed by atoms with van der Waals surface area (Å²) in [4.78, 5) is 15.0. The minimum Gasteiger partial charge on any atom is -0.289 e. The van der Waals surface area contributed by atoms with Gasteiger partial charge in [0, 0.05) is 5.56 Å². The van der Waals surface area contributed by atoms with Crippen LogP contribution in [-0.4, -0.2) is 21.1 Å². The van der Waals surface area contributed by atoms with Crippen LogP contribution in [0.4, 0.5) is 19.1 Å². The molecule has 0 spiro atoms. The molecule has 0 bridgehead atoms. The average molecular weight is 295 g/mol. The highest BCUT2D eigenvalue weighted by Gasteiger charge is 2.35. The van der Waals surface area contributed by atoms with Crippen molar-refractivity contribution in [2.75, 3.05) is 5.32 Å². The van der Waals surface area contributed by atoms with Crippen molar-refractivity contribution >= 4 is 11.9 Å². The summed E-state index contributed by atoms with van der Waals surface area (Å²) in [7, 11) is 0. The monoisotopic (exact) mass is 295 g/mol. The summed E-state index contributed by atoms with van der Waals surface area (Å²) in [5.74, 6) is -2.43. The third kappa shape index (κ3) is 3.56. The van der Waals surface area contributed by atoms with E-state index in [1.54, 1.807) is 17.2 Å². The Balaban J connectivity index is 2.13. The van der Waals surface area contributed by atoms with Gasteiger partial charge in [0.2, 0.25) is 11.8 Å². The van der Waals surface area contributed by atoms with Crippen molar-refractivity contribution in [3.8, 4) is 6.07 Å². The number of carbonyl (C=O) groups excluding carboxylic acids is 1. The van der Waals surface area contributed by atoms with E-state index in [2.05, 4.69) is 15.4 Å². The third-order valence-electron chi connectivity index (χ3n) is 2.45. The van der Waals surface area contributed by atoms with Crippen LogP contribution in [-0.2, 0) is 12.6 Å². The molecule has 0 saturated carbocycles. The SMILES string of the molecule is N#CCc1cccc(C(=O)Nc2n[nH]c(C(F)(F)F)n2)c1. The molecule has 9 heteroatoms. The Hall–Kier alpha value is -2.89. The highest BCUT2D eigenvalue weighted by molar-refractivity contribution is 6.03. The standard InChI is InChI=1S/C12H8F3N5O/c13-12(14,15)10-18-11(20-19-10)17-9(21)8-3-1-2-7(6-8)4-5-16/h1-3,6H,4H2,(H2,17,18,19,20,21). The molecule has 0 radical (unpaired) electrons. The lowest BCUT2D eigenvalue weighted by atomic mass is 10.1. The van der Waals surface area contributed by atoms with Gasteiger partial charge in [-0.1, -0.05) is 12.1 Å². The fourth-order valence-corrected chi connectivity index (χ4v) is 1.53. The summed E-state index contributed by atoms with van der Waals surface area (Å²) in [6.07, 6.45) is -4.54. The van der Waals surface area contributed by atoms with Gasteiger partial charge in [0.1, 0.15) is 0 Å². The number of aromatic nitrogens is 3. The Labute approximate surface area is 116 Å². The van der Waals surface area contributed by atoms with Crippen molar-refractivity contribution in [1.29, 1.82) is 5.26 Å². The van der Waals surface area contributed by atoms with E-state index in [-0.39, 0.29) is 12.0 Å². The fourth-order valence-electron chi connectivity index (χ4n) is 1.53. The van der Waals surface area contributed by atoms with Crippen LogP contribution in [0.2, 0.25) is 0 Å². The van der Waals surface area contributed by atoms with E-state index in [0.29, 0.717) is 5.56 Å². The molecule has 2 rings (SSSR count). The van der Waals surface area contributed by atoms with Crippen molar-refractivity contribution in [1.82, 2.24) is 15.2 Å². The van der Waals surface area contributed by atoms with Crippen LogP contribution in [0.5, 0.6) is 0 Å². The number of aromatic amines is 1. The normalized spacial score (nSPS) is 11.0. The number of anilines is 1. The zero-order valence-corrected chi connectivity index (χ0v) is 10.4. The Morgan fingerprint density at radius 3 is 2.81 bits per heavy atom. The molecular weight excluding hydrogens is 287 g/mol. The molecule has 1 aromatic heterocycles. The zero-order valence-electron chi connectivity index (χ0n) is 10.4. The first-order valence-corrected chi connectivity index (χ1v) is 5.67. The van der Waals surface area contributed by atoms with E-state index < -0.39 is 23.9 Å². The molecule has 6 nitrogen and oxygen atoms in total. The zero-order chi connectivity index (χ0) is 15.5. The van der Waals surface area contributed by atoms with Gasteiger partial charge in [0.05, 0.1) is 12.5 Å². The number of H-pyrrole nitrogens is 1. The highest BCUT2D eigenvalue weighted by Crippen LogP contribution is 2.26. The maximum Gasteiger partial charge on any atom is 0.451 e. The molecule has 1 aromatic carbocycles. The summed E-state index contributed by atoms with van der Waals surface area (Å²) in [5, 5.41) is 15.7. The van der Waals surface area contributed by atoms with Gasteiger partial charge in [0.15, 0.2) is 0 Å². The lowest BCUT2D eigenvalue weighted by molar-refractivity contribution is -0.144. The van der Waals surface area contributed by atoms with E-state index in [9.17, 15) is 18.0 Å². The van der Waals surface area contributed by atoms with E-state index >= 15 is 0 Å². The molecular formula is C12H8F3N5O. The van der Waals surface area contributed by atoms with Gasteiger partial charge in [-0.25, -0.2) is 0 Å². The van der Waals surface area contributed by atoms with Crippen LogP contribution in [0.3, 0.4) is 0 Å². The number of alkyl halides is 3. The molecule has 0 aliphatic rings. The number of halogens is 3. The fraction of sp³-hybridized carbons (Fsp3) is 0.167. The van der Waals surface area contributed by atoms with E-state index in [1.165, 1.54) is 12.1 Å². The molecule has 108 valence electrons. The molecule has 21 heavy (non-hydrogen) atoms. The Kier molecular flexibility index (Phi) is 3.89. The predicted molar refractivity (Wildman–Crippen MR) is 65.1 cm³/mol. The second-order valence-corrected chi connectivity index (χ2v) is 3.99. The van der Waals surface area contributed by atoms with Crippen molar-refractivity contribution in [2.24, 2.45) is 0 Å². The number of nitrogens with one attached hydrogen (secondary N) is 2. The van der Waals surface area contributed by atoms with E-state index in [4.69, 9.17) is 5.26 Å². The molecule has 0 aliphatic heterocycles. The topological polar surface area (TPSA) is 94.5 Å². The van der Waals surface area contributed by atoms with E-state index in [1.807, 2.05) is 6.07 Å². The third-order valence-corrected chi connectivity index (χ3v) is 2.45. The number of carbonyl (C=O) groups is 1. The van der Waals surface area contributed by atoms with Gasteiger partial charge >= 0.3 is 6.18 Å². The first kappa shape index (κ1) is 14.5. The number of amides is 1. The van der Waals surface area contributed by atoms with Gasteiger partial charge in [0.25, 0.3) is 5.91 Å². The van der Waals surface area contributed by atoms with Gasteiger partial charge < -0.3 is 0 Å². The van der Waals surface area contributed by atoms with Gasteiger partial charge in [-0.3, -0.25) is 15.2 Å². The maximum atomic E-state index is 12.3. The predicted octanol–water partition coefficient (Wildman–Crippen LogP) is 2.14. The summed E-state index contributed by atoms with van der Waals surface area (Å²) in [5.41, 5.74) is 0.817. The van der Waals surface area contributed by atoms with Gasteiger partial charge in [-0.2, -0.15) is 23.4 Å². The van der Waals surface area contributed by atoms with E-state index in [0.717, 1.165) is 0 Å². The van der Waals surface area contributed by atoms with Crippen LogP contribution >= 0.6 is 0 Å². The smallest absolute Gasteiger partial charge is 0.289 e. The summed E-state index contributed by atoms with van der Waals surface area (Å²) < 4.78 is 37.0. The molecule has 0 saturated heterocycles. The van der Waals surface area contributed by atoms with Crippen molar-refractivity contribution in [3.05, 3.63) is 41.2 Å².